The van der Waals surface area contributed by atoms with Crippen LogP contribution in [0.4, 0.5) is 5.82 Å². The molecule has 3 heteroatoms. The zero-order chi connectivity index (χ0) is 13.7. The van der Waals surface area contributed by atoms with Crippen molar-refractivity contribution in [3.8, 4) is 6.07 Å². The van der Waals surface area contributed by atoms with Crippen molar-refractivity contribution in [3.63, 3.8) is 0 Å². The van der Waals surface area contributed by atoms with Gasteiger partial charge in [-0.15, -0.1) is 0 Å². The molecule has 0 aliphatic carbocycles. The molecule has 0 aliphatic rings. The van der Waals surface area contributed by atoms with Gasteiger partial charge >= 0.3 is 0 Å². The van der Waals surface area contributed by atoms with E-state index in [0.717, 1.165) is 12.1 Å². The second-order valence-corrected chi connectivity index (χ2v) is 4.70. The van der Waals surface area contributed by atoms with Crippen molar-refractivity contribution in [3.05, 3.63) is 59.3 Å². The molecule has 0 spiro atoms. The van der Waals surface area contributed by atoms with Crippen molar-refractivity contribution in [1.82, 2.24) is 4.98 Å². The predicted molar refractivity (Wildman–Crippen MR) is 76.9 cm³/mol. The molecule has 2 rings (SSSR count). The molecule has 3 nitrogen and oxygen atoms in total. The summed E-state index contributed by atoms with van der Waals surface area (Å²) in [5, 5.41) is 12.4. The summed E-state index contributed by atoms with van der Waals surface area (Å²) in [4.78, 5) is 4.39. The first-order chi connectivity index (χ1) is 9.19. The normalized spacial score (nSPS) is 11.6. The van der Waals surface area contributed by atoms with Crippen LogP contribution in [0.3, 0.4) is 0 Å². The second kappa shape index (κ2) is 6.01. The van der Waals surface area contributed by atoms with Gasteiger partial charge in [0.15, 0.2) is 0 Å². The number of nitriles is 1. The van der Waals surface area contributed by atoms with Crippen LogP contribution in [-0.4, -0.2) is 11.0 Å². The molecular weight excluding hydrogens is 234 g/mol. The van der Waals surface area contributed by atoms with E-state index in [4.69, 9.17) is 5.26 Å². The summed E-state index contributed by atoms with van der Waals surface area (Å²) in [5.41, 5.74) is 2.77. The highest BCUT2D eigenvalue weighted by Gasteiger charge is 2.08. The minimum Gasteiger partial charge on any atom is -0.366 e. The molecule has 0 amide bonds. The molecule has 96 valence electrons. The fourth-order valence-electron chi connectivity index (χ4n) is 2.01. The fourth-order valence-corrected chi connectivity index (χ4v) is 2.01. The number of pyridine rings is 1. The third kappa shape index (κ3) is 3.56. The smallest absolute Gasteiger partial charge is 0.144 e. The Morgan fingerprint density at radius 1 is 1.21 bits per heavy atom. The van der Waals surface area contributed by atoms with Gasteiger partial charge in [-0.05, 0) is 38.0 Å². The lowest BCUT2D eigenvalue weighted by atomic mass is 10.1. The summed E-state index contributed by atoms with van der Waals surface area (Å²) in [7, 11) is 0. The number of aromatic nitrogens is 1. The third-order valence-corrected chi connectivity index (χ3v) is 2.92. The molecule has 1 atom stereocenters. The van der Waals surface area contributed by atoms with Gasteiger partial charge in [-0.2, -0.15) is 5.26 Å². The number of aryl methyl sites for hydroxylation is 1. The highest BCUT2D eigenvalue weighted by molar-refractivity contribution is 5.52. The summed E-state index contributed by atoms with van der Waals surface area (Å²) < 4.78 is 0. The molecule has 1 N–H and O–H groups in total. The molecule has 1 aromatic heterocycles. The summed E-state index contributed by atoms with van der Waals surface area (Å²) >= 11 is 0. The van der Waals surface area contributed by atoms with Crippen molar-refractivity contribution in [1.29, 1.82) is 5.26 Å². The van der Waals surface area contributed by atoms with E-state index in [-0.39, 0.29) is 6.04 Å². The molecule has 1 heterocycles. The van der Waals surface area contributed by atoms with Crippen LogP contribution in [0.15, 0.2) is 42.5 Å². The topological polar surface area (TPSA) is 48.7 Å². The average molecular weight is 251 g/mol. The maximum Gasteiger partial charge on any atom is 0.144 e. The monoisotopic (exact) mass is 251 g/mol. The Hall–Kier alpha value is -2.34. The second-order valence-electron chi connectivity index (χ2n) is 4.70. The Labute approximate surface area is 113 Å². The maximum absolute atomic E-state index is 9.08. The van der Waals surface area contributed by atoms with E-state index >= 15 is 0 Å². The number of nitrogens with one attached hydrogen (secondary N) is 1. The zero-order valence-corrected chi connectivity index (χ0v) is 11.2. The highest BCUT2D eigenvalue weighted by Crippen LogP contribution is 2.14. The molecule has 2 aromatic rings. The van der Waals surface area contributed by atoms with E-state index in [1.807, 2.05) is 31.2 Å². The molecule has 1 unspecified atom stereocenters. The summed E-state index contributed by atoms with van der Waals surface area (Å²) in [5.74, 6) is 0.672. The van der Waals surface area contributed by atoms with Crippen LogP contribution in [0.25, 0.3) is 0 Å². The number of benzene rings is 1. The van der Waals surface area contributed by atoms with Crippen molar-refractivity contribution >= 4 is 5.82 Å². The van der Waals surface area contributed by atoms with Crippen LogP contribution >= 0.6 is 0 Å². The van der Waals surface area contributed by atoms with Crippen LogP contribution in [0.5, 0.6) is 0 Å². The Bertz CT molecular complexity index is 585. The summed E-state index contributed by atoms with van der Waals surface area (Å²) in [6.07, 6.45) is 0.904. The highest BCUT2D eigenvalue weighted by atomic mass is 15.0. The molecule has 0 saturated heterocycles. The maximum atomic E-state index is 9.08. The number of anilines is 1. The van der Waals surface area contributed by atoms with E-state index in [0.29, 0.717) is 11.4 Å². The van der Waals surface area contributed by atoms with Crippen LogP contribution < -0.4 is 5.32 Å². The molecule has 0 fully saturated rings. The molecular formula is C16H17N3. The lowest BCUT2D eigenvalue weighted by Gasteiger charge is -2.15. The minimum atomic E-state index is 0.226. The van der Waals surface area contributed by atoms with Gasteiger partial charge in [0.1, 0.15) is 11.9 Å². The number of nitrogens with zero attached hydrogens (tertiary/aromatic N) is 2. The number of hydrogen-bond acceptors (Lipinski definition) is 3. The van der Waals surface area contributed by atoms with Crippen molar-refractivity contribution in [2.75, 3.05) is 5.32 Å². The van der Waals surface area contributed by atoms with Crippen LogP contribution in [0.2, 0.25) is 0 Å². The van der Waals surface area contributed by atoms with E-state index in [1.165, 1.54) is 5.56 Å². The van der Waals surface area contributed by atoms with Crippen LogP contribution in [-0.2, 0) is 6.42 Å². The van der Waals surface area contributed by atoms with Gasteiger partial charge in [0.25, 0.3) is 0 Å². The summed E-state index contributed by atoms with van der Waals surface area (Å²) in [6, 6.07) is 16.3. The lowest BCUT2D eigenvalue weighted by molar-refractivity contribution is 0.783. The van der Waals surface area contributed by atoms with Crippen LogP contribution in [0, 0.1) is 18.3 Å². The van der Waals surface area contributed by atoms with E-state index in [1.54, 1.807) is 6.07 Å². The van der Waals surface area contributed by atoms with Gasteiger partial charge in [-0.1, -0.05) is 30.3 Å². The van der Waals surface area contributed by atoms with Crippen LogP contribution in [0.1, 0.15) is 23.7 Å². The quantitative estimate of drug-likeness (QED) is 0.907. The first-order valence-electron chi connectivity index (χ1n) is 6.37. The van der Waals surface area contributed by atoms with Gasteiger partial charge in [0, 0.05) is 11.7 Å². The Balaban J connectivity index is 2.09. The van der Waals surface area contributed by atoms with Gasteiger partial charge in [-0.3, -0.25) is 0 Å². The molecule has 0 saturated carbocycles. The van der Waals surface area contributed by atoms with Gasteiger partial charge in [-0.25, -0.2) is 4.98 Å². The van der Waals surface area contributed by atoms with E-state index in [9.17, 15) is 0 Å². The summed E-state index contributed by atoms with van der Waals surface area (Å²) in [6.45, 7) is 4.02. The molecule has 0 radical (unpaired) electrons. The Morgan fingerprint density at radius 2 is 1.95 bits per heavy atom. The Morgan fingerprint density at radius 3 is 2.63 bits per heavy atom. The fraction of sp³-hybridized carbons (Fsp3) is 0.250. The first kappa shape index (κ1) is 13.1. The number of rotatable bonds is 4. The lowest BCUT2D eigenvalue weighted by Crippen LogP contribution is -2.19. The first-order valence-corrected chi connectivity index (χ1v) is 6.37. The van der Waals surface area contributed by atoms with E-state index in [2.05, 4.69) is 35.4 Å². The SMILES string of the molecule is Cc1ccc(C#N)c(NC(C)Cc2ccccc2)n1. The van der Waals surface area contributed by atoms with Crippen molar-refractivity contribution in [2.45, 2.75) is 26.3 Å². The third-order valence-electron chi connectivity index (χ3n) is 2.92. The molecule has 0 aliphatic heterocycles. The van der Waals surface area contributed by atoms with Gasteiger partial charge in [0.05, 0.1) is 5.56 Å². The largest absolute Gasteiger partial charge is 0.366 e. The van der Waals surface area contributed by atoms with Crippen molar-refractivity contribution in [2.24, 2.45) is 0 Å². The zero-order valence-electron chi connectivity index (χ0n) is 11.2. The Kier molecular flexibility index (Phi) is 4.15. The standard InChI is InChI=1S/C16H17N3/c1-12-8-9-15(11-17)16(18-12)19-13(2)10-14-6-4-3-5-7-14/h3-9,13H,10H2,1-2H3,(H,18,19). The minimum absolute atomic E-state index is 0.226. The van der Waals surface area contributed by atoms with Gasteiger partial charge in [0.2, 0.25) is 0 Å². The van der Waals surface area contributed by atoms with Crippen molar-refractivity contribution < 1.29 is 0 Å². The molecule has 0 bridgehead atoms. The van der Waals surface area contributed by atoms with Gasteiger partial charge < -0.3 is 5.32 Å². The number of hydrogen-bond donors (Lipinski definition) is 1. The molecule has 19 heavy (non-hydrogen) atoms. The average Bonchev–Trinajstić information content (AvgIpc) is 2.40. The molecule has 1 aromatic carbocycles. The van der Waals surface area contributed by atoms with E-state index < -0.39 is 0 Å². The predicted octanol–water partition coefficient (Wildman–Crippen LogP) is 3.30.